The Hall–Kier alpha value is -0.990. The van der Waals surface area contributed by atoms with E-state index in [2.05, 4.69) is 25.9 Å². The summed E-state index contributed by atoms with van der Waals surface area (Å²) >= 11 is 0. The van der Waals surface area contributed by atoms with Gasteiger partial charge in [-0.05, 0) is 19.8 Å². The fraction of sp³-hybridized carbons (Fsp3) is 0.700. The molecule has 0 aliphatic heterocycles. The second-order valence-corrected chi connectivity index (χ2v) is 3.76. The van der Waals surface area contributed by atoms with Crippen LogP contribution in [0.15, 0.2) is 6.20 Å². The summed E-state index contributed by atoms with van der Waals surface area (Å²) in [6.07, 6.45) is 2.90. The van der Waals surface area contributed by atoms with E-state index in [0.29, 0.717) is 12.0 Å². The van der Waals surface area contributed by atoms with Gasteiger partial charge in [0.1, 0.15) is 0 Å². The summed E-state index contributed by atoms with van der Waals surface area (Å²) in [6, 6.07) is 0.433. The molecule has 1 rings (SSSR count). The molecule has 13 heavy (non-hydrogen) atoms. The van der Waals surface area contributed by atoms with E-state index in [1.54, 1.807) is 6.20 Å². The summed E-state index contributed by atoms with van der Waals surface area (Å²) in [7, 11) is 0. The molecular weight excluding hydrogens is 162 g/mol. The van der Waals surface area contributed by atoms with Crippen molar-refractivity contribution in [2.45, 2.75) is 40.2 Å². The monoisotopic (exact) mass is 181 g/mol. The number of anilines is 1. The number of rotatable bonds is 3. The zero-order valence-corrected chi connectivity index (χ0v) is 8.91. The Morgan fingerprint density at radius 2 is 2.15 bits per heavy atom. The number of hydrogen-bond donors (Lipinski definition) is 1. The van der Waals surface area contributed by atoms with Crippen molar-refractivity contribution in [1.82, 2.24) is 9.78 Å². The lowest BCUT2D eigenvalue weighted by Gasteiger charge is -2.20. The van der Waals surface area contributed by atoms with Crippen LogP contribution in [-0.2, 0) is 0 Å². The van der Waals surface area contributed by atoms with Crippen LogP contribution in [0.2, 0.25) is 0 Å². The highest BCUT2D eigenvalue weighted by molar-refractivity contribution is 5.39. The second kappa shape index (κ2) is 3.81. The third kappa shape index (κ3) is 1.85. The normalized spacial score (nSPS) is 15.7. The predicted octanol–water partition coefficient (Wildman–Crippen LogP) is 2.38. The molecule has 2 atom stereocenters. The Labute approximate surface area is 79.9 Å². The van der Waals surface area contributed by atoms with Gasteiger partial charge in [-0.1, -0.05) is 20.3 Å². The lowest BCUT2D eigenvalue weighted by Crippen LogP contribution is -2.16. The summed E-state index contributed by atoms with van der Waals surface area (Å²) in [4.78, 5) is 0. The van der Waals surface area contributed by atoms with Gasteiger partial charge in [-0.3, -0.25) is 4.68 Å². The number of nitrogen functional groups attached to an aromatic ring is 1. The van der Waals surface area contributed by atoms with Crippen LogP contribution in [-0.4, -0.2) is 9.78 Å². The van der Waals surface area contributed by atoms with Gasteiger partial charge < -0.3 is 5.73 Å². The van der Waals surface area contributed by atoms with Crippen LogP contribution < -0.4 is 5.73 Å². The van der Waals surface area contributed by atoms with Crippen LogP contribution in [0.5, 0.6) is 0 Å². The highest BCUT2D eigenvalue weighted by Crippen LogP contribution is 2.23. The molecule has 74 valence electrons. The first kappa shape index (κ1) is 10.1. The molecule has 3 heteroatoms. The average Bonchev–Trinajstić information content (AvgIpc) is 2.45. The quantitative estimate of drug-likeness (QED) is 0.778. The van der Waals surface area contributed by atoms with Crippen LogP contribution >= 0.6 is 0 Å². The minimum atomic E-state index is 0.433. The fourth-order valence-electron chi connectivity index (χ4n) is 1.43. The second-order valence-electron chi connectivity index (χ2n) is 3.76. The van der Waals surface area contributed by atoms with Gasteiger partial charge >= 0.3 is 0 Å². The van der Waals surface area contributed by atoms with E-state index < -0.39 is 0 Å². The standard InChI is InChI=1S/C10H19N3/c1-5-7(2)8(3)13-9(4)10(11)6-12-13/h6-8H,5,11H2,1-4H3. The van der Waals surface area contributed by atoms with Crippen molar-refractivity contribution in [2.24, 2.45) is 5.92 Å². The van der Waals surface area contributed by atoms with Crippen LogP contribution in [0.1, 0.15) is 38.9 Å². The van der Waals surface area contributed by atoms with Gasteiger partial charge in [-0.2, -0.15) is 5.10 Å². The van der Waals surface area contributed by atoms with Crippen molar-refractivity contribution in [1.29, 1.82) is 0 Å². The maximum atomic E-state index is 5.74. The minimum absolute atomic E-state index is 0.433. The maximum Gasteiger partial charge on any atom is 0.0730 e. The van der Waals surface area contributed by atoms with Crippen LogP contribution in [0, 0.1) is 12.8 Å². The molecule has 0 spiro atoms. The molecule has 3 nitrogen and oxygen atoms in total. The van der Waals surface area contributed by atoms with Gasteiger partial charge in [0.05, 0.1) is 23.6 Å². The lowest BCUT2D eigenvalue weighted by atomic mass is 10.0. The highest BCUT2D eigenvalue weighted by atomic mass is 15.3. The minimum Gasteiger partial charge on any atom is -0.396 e. The van der Waals surface area contributed by atoms with Crippen LogP contribution in [0.4, 0.5) is 5.69 Å². The molecule has 2 N–H and O–H groups in total. The number of hydrogen-bond acceptors (Lipinski definition) is 2. The molecule has 0 saturated carbocycles. The van der Waals surface area contributed by atoms with E-state index in [-0.39, 0.29) is 0 Å². The third-order valence-corrected chi connectivity index (χ3v) is 2.94. The van der Waals surface area contributed by atoms with Crippen molar-refractivity contribution < 1.29 is 0 Å². The molecule has 0 amide bonds. The molecule has 0 aromatic carbocycles. The predicted molar refractivity (Wildman–Crippen MR) is 55.5 cm³/mol. The Morgan fingerprint density at radius 1 is 1.54 bits per heavy atom. The Balaban J connectivity index is 2.88. The van der Waals surface area contributed by atoms with Crippen molar-refractivity contribution >= 4 is 5.69 Å². The molecule has 0 bridgehead atoms. The summed E-state index contributed by atoms with van der Waals surface area (Å²) in [5, 5.41) is 4.28. The number of nitrogens with zero attached hydrogens (tertiary/aromatic N) is 2. The van der Waals surface area contributed by atoms with E-state index in [1.807, 2.05) is 11.6 Å². The Morgan fingerprint density at radius 3 is 2.54 bits per heavy atom. The Bertz CT molecular complexity index is 278. The van der Waals surface area contributed by atoms with Gasteiger partial charge in [-0.15, -0.1) is 0 Å². The molecule has 0 fully saturated rings. The van der Waals surface area contributed by atoms with E-state index in [0.717, 1.165) is 11.4 Å². The van der Waals surface area contributed by atoms with E-state index in [9.17, 15) is 0 Å². The van der Waals surface area contributed by atoms with Crippen molar-refractivity contribution in [3.8, 4) is 0 Å². The van der Waals surface area contributed by atoms with Crippen molar-refractivity contribution in [3.05, 3.63) is 11.9 Å². The molecule has 0 aliphatic carbocycles. The SMILES string of the molecule is CCC(C)C(C)n1ncc(N)c1C. The maximum absolute atomic E-state index is 5.74. The van der Waals surface area contributed by atoms with Gasteiger partial charge in [0, 0.05) is 0 Å². The molecule has 1 aromatic heterocycles. The summed E-state index contributed by atoms with van der Waals surface area (Å²) in [6.45, 7) is 8.64. The fourth-order valence-corrected chi connectivity index (χ4v) is 1.43. The molecule has 1 heterocycles. The molecule has 0 saturated heterocycles. The Kier molecular flexibility index (Phi) is 2.96. The molecule has 0 aliphatic rings. The first-order chi connectivity index (χ1) is 6.07. The first-order valence-corrected chi connectivity index (χ1v) is 4.87. The lowest BCUT2D eigenvalue weighted by molar-refractivity contribution is 0.338. The average molecular weight is 181 g/mol. The largest absolute Gasteiger partial charge is 0.396 e. The van der Waals surface area contributed by atoms with Crippen molar-refractivity contribution in [2.75, 3.05) is 5.73 Å². The van der Waals surface area contributed by atoms with Crippen LogP contribution in [0.25, 0.3) is 0 Å². The molecular formula is C10H19N3. The van der Waals surface area contributed by atoms with Gasteiger partial charge in [-0.25, -0.2) is 0 Å². The molecule has 0 radical (unpaired) electrons. The zero-order valence-electron chi connectivity index (χ0n) is 8.91. The topological polar surface area (TPSA) is 43.8 Å². The number of nitrogens with two attached hydrogens (primary N) is 1. The highest BCUT2D eigenvalue weighted by Gasteiger charge is 2.15. The van der Waals surface area contributed by atoms with E-state index in [4.69, 9.17) is 5.73 Å². The van der Waals surface area contributed by atoms with Gasteiger partial charge in [0.15, 0.2) is 0 Å². The zero-order chi connectivity index (χ0) is 10.0. The van der Waals surface area contributed by atoms with Crippen LogP contribution in [0.3, 0.4) is 0 Å². The van der Waals surface area contributed by atoms with E-state index >= 15 is 0 Å². The summed E-state index contributed by atoms with van der Waals surface area (Å²) in [5.74, 6) is 0.637. The smallest absolute Gasteiger partial charge is 0.0730 e. The summed E-state index contributed by atoms with van der Waals surface area (Å²) < 4.78 is 2.02. The molecule has 1 aromatic rings. The summed E-state index contributed by atoms with van der Waals surface area (Å²) in [5.41, 5.74) is 7.60. The van der Waals surface area contributed by atoms with Gasteiger partial charge in [0.2, 0.25) is 0 Å². The van der Waals surface area contributed by atoms with Crippen molar-refractivity contribution in [3.63, 3.8) is 0 Å². The molecule has 2 unspecified atom stereocenters. The van der Waals surface area contributed by atoms with Gasteiger partial charge in [0.25, 0.3) is 0 Å². The number of aromatic nitrogens is 2. The third-order valence-electron chi connectivity index (χ3n) is 2.94. The van der Waals surface area contributed by atoms with E-state index in [1.165, 1.54) is 6.42 Å². The first-order valence-electron chi connectivity index (χ1n) is 4.87.